The molecule has 2 rings (SSSR count). The molecular formula is C16H24ClNOS. The summed E-state index contributed by atoms with van der Waals surface area (Å²) >= 11 is 5.01. The van der Waals surface area contributed by atoms with E-state index in [1.165, 1.54) is 12.0 Å². The van der Waals surface area contributed by atoms with E-state index in [4.69, 9.17) is 11.6 Å². The number of halogens is 1. The molecule has 0 aliphatic carbocycles. The van der Waals surface area contributed by atoms with E-state index in [1.54, 1.807) is 0 Å². The number of rotatable bonds is 3. The minimum Gasteiger partial charge on any atom is -0.597 e. The van der Waals surface area contributed by atoms with E-state index in [1.807, 2.05) is 12.1 Å². The first kappa shape index (κ1) is 16.2. The number of benzene rings is 1. The van der Waals surface area contributed by atoms with Gasteiger partial charge in [0.2, 0.25) is 0 Å². The molecule has 4 heteroatoms. The molecule has 1 aromatic rings. The molecule has 20 heavy (non-hydrogen) atoms. The summed E-state index contributed by atoms with van der Waals surface area (Å²) in [6.45, 7) is 7.10. The lowest BCUT2D eigenvalue weighted by Gasteiger charge is -2.40. The Labute approximate surface area is 130 Å². The van der Waals surface area contributed by atoms with Gasteiger partial charge in [0.25, 0.3) is 0 Å². The van der Waals surface area contributed by atoms with Gasteiger partial charge in [0.05, 0.1) is 6.04 Å². The Bertz CT molecular complexity index is 429. The first-order chi connectivity index (χ1) is 9.38. The van der Waals surface area contributed by atoms with E-state index < -0.39 is 11.4 Å². The zero-order valence-corrected chi connectivity index (χ0v) is 14.1. The molecule has 0 amide bonds. The molecule has 0 radical (unpaired) electrons. The molecular weight excluding hydrogens is 290 g/mol. The molecule has 2 nitrogen and oxygen atoms in total. The highest BCUT2D eigenvalue weighted by atomic mass is 35.5. The van der Waals surface area contributed by atoms with Crippen LogP contribution in [-0.2, 0) is 17.8 Å². The second-order valence-electron chi connectivity index (χ2n) is 6.48. The SMILES string of the molecule is CC(C)(C)[S@+]([O-])N1CCCCC1Cc1ccc(Cl)cc1. The molecule has 0 saturated carbocycles. The van der Waals surface area contributed by atoms with Crippen LogP contribution >= 0.6 is 11.6 Å². The topological polar surface area (TPSA) is 26.3 Å². The van der Waals surface area contributed by atoms with Crippen molar-refractivity contribution >= 4 is 23.0 Å². The van der Waals surface area contributed by atoms with Crippen molar-refractivity contribution in [2.75, 3.05) is 6.54 Å². The van der Waals surface area contributed by atoms with Crippen molar-refractivity contribution in [3.63, 3.8) is 0 Å². The minimum absolute atomic E-state index is 0.185. The van der Waals surface area contributed by atoms with E-state index in [0.29, 0.717) is 6.04 Å². The number of hydrogen-bond acceptors (Lipinski definition) is 2. The molecule has 0 spiro atoms. The van der Waals surface area contributed by atoms with Gasteiger partial charge in [0.15, 0.2) is 0 Å². The van der Waals surface area contributed by atoms with Gasteiger partial charge >= 0.3 is 0 Å². The Morgan fingerprint density at radius 3 is 2.50 bits per heavy atom. The fourth-order valence-electron chi connectivity index (χ4n) is 2.64. The van der Waals surface area contributed by atoms with Crippen LogP contribution in [0.1, 0.15) is 45.6 Å². The predicted molar refractivity (Wildman–Crippen MR) is 87.4 cm³/mol. The van der Waals surface area contributed by atoms with Gasteiger partial charge in [-0.15, -0.1) is 4.31 Å². The maximum Gasteiger partial charge on any atom is 0.137 e. The van der Waals surface area contributed by atoms with E-state index in [-0.39, 0.29) is 4.75 Å². The molecule has 0 aromatic heterocycles. The molecule has 2 atom stereocenters. The van der Waals surface area contributed by atoms with Crippen molar-refractivity contribution in [2.45, 2.75) is 57.2 Å². The summed E-state index contributed by atoms with van der Waals surface area (Å²) in [5.74, 6) is 0. The van der Waals surface area contributed by atoms with Crippen LogP contribution in [0.25, 0.3) is 0 Å². The maximum atomic E-state index is 12.7. The fraction of sp³-hybridized carbons (Fsp3) is 0.625. The van der Waals surface area contributed by atoms with Crippen LogP contribution in [0.3, 0.4) is 0 Å². The lowest BCUT2D eigenvalue weighted by Crippen LogP contribution is -2.51. The zero-order chi connectivity index (χ0) is 14.8. The van der Waals surface area contributed by atoms with Gasteiger partial charge in [-0.05, 0) is 57.7 Å². The van der Waals surface area contributed by atoms with Crippen molar-refractivity contribution in [1.82, 2.24) is 4.31 Å². The van der Waals surface area contributed by atoms with E-state index in [2.05, 4.69) is 37.2 Å². The van der Waals surface area contributed by atoms with Crippen LogP contribution in [0.15, 0.2) is 24.3 Å². The van der Waals surface area contributed by atoms with Gasteiger partial charge in [-0.25, -0.2) is 0 Å². The third-order valence-electron chi connectivity index (χ3n) is 3.69. The van der Waals surface area contributed by atoms with Crippen molar-refractivity contribution in [3.8, 4) is 0 Å². The largest absolute Gasteiger partial charge is 0.597 e. The molecule has 1 aliphatic heterocycles. The summed E-state index contributed by atoms with van der Waals surface area (Å²) < 4.78 is 14.7. The van der Waals surface area contributed by atoms with Crippen molar-refractivity contribution in [1.29, 1.82) is 0 Å². The first-order valence-corrected chi connectivity index (χ1v) is 8.79. The zero-order valence-electron chi connectivity index (χ0n) is 12.6. The van der Waals surface area contributed by atoms with Gasteiger partial charge in [-0.2, -0.15) is 0 Å². The molecule has 1 heterocycles. The Balaban J connectivity index is 2.09. The summed E-state index contributed by atoms with van der Waals surface area (Å²) in [5, 5.41) is 0.771. The maximum absolute atomic E-state index is 12.7. The highest BCUT2D eigenvalue weighted by molar-refractivity contribution is 7.90. The average Bonchev–Trinajstić information content (AvgIpc) is 2.40. The monoisotopic (exact) mass is 313 g/mol. The minimum atomic E-state index is -0.925. The Kier molecular flexibility index (Phi) is 5.41. The molecule has 1 saturated heterocycles. The van der Waals surface area contributed by atoms with Gasteiger partial charge in [-0.3, -0.25) is 0 Å². The highest BCUT2D eigenvalue weighted by Gasteiger charge is 2.38. The summed E-state index contributed by atoms with van der Waals surface area (Å²) in [6.07, 6.45) is 4.47. The summed E-state index contributed by atoms with van der Waals surface area (Å²) in [7, 11) is 0. The third kappa shape index (κ3) is 4.14. The number of nitrogens with zero attached hydrogens (tertiary/aromatic N) is 1. The van der Waals surface area contributed by atoms with Crippen molar-refractivity contribution < 1.29 is 4.55 Å². The van der Waals surface area contributed by atoms with Crippen LogP contribution in [0.2, 0.25) is 5.02 Å². The molecule has 0 bridgehead atoms. The standard InChI is InChI=1S/C16H24ClNOS/c1-16(2,3)20(19)18-11-5-4-6-15(18)12-13-7-9-14(17)10-8-13/h7-10,15H,4-6,11-12H2,1-3H3/t15?,20-/m0/s1. The Hall–Kier alpha value is -0.220. The molecule has 1 unspecified atom stereocenters. The summed E-state index contributed by atoms with van der Waals surface area (Å²) in [6, 6.07) is 8.41. The Morgan fingerprint density at radius 1 is 1.25 bits per heavy atom. The Morgan fingerprint density at radius 2 is 1.90 bits per heavy atom. The third-order valence-corrected chi connectivity index (χ3v) is 5.90. The molecule has 1 aliphatic rings. The molecule has 0 N–H and O–H groups in total. The van der Waals surface area contributed by atoms with E-state index in [9.17, 15) is 4.55 Å². The molecule has 1 fully saturated rings. The lowest BCUT2D eigenvalue weighted by molar-refractivity contribution is 0.245. The van der Waals surface area contributed by atoms with Crippen molar-refractivity contribution in [2.24, 2.45) is 0 Å². The van der Waals surface area contributed by atoms with Crippen LogP contribution in [0.5, 0.6) is 0 Å². The molecule has 112 valence electrons. The smallest absolute Gasteiger partial charge is 0.137 e. The average molecular weight is 314 g/mol. The fourth-order valence-corrected chi connectivity index (χ4v) is 4.22. The van der Waals surface area contributed by atoms with Crippen molar-refractivity contribution in [3.05, 3.63) is 34.9 Å². The van der Waals surface area contributed by atoms with Gasteiger partial charge < -0.3 is 4.55 Å². The van der Waals surface area contributed by atoms with E-state index in [0.717, 1.165) is 30.8 Å². The number of hydrogen-bond donors (Lipinski definition) is 0. The van der Waals surface area contributed by atoms with Crippen LogP contribution < -0.4 is 0 Å². The number of piperidine rings is 1. The second-order valence-corrected chi connectivity index (χ2v) is 9.11. The predicted octanol–water partition coefficient (Wildman–Crippen LogP) is 4.20. The summed E-state index contributed by atoms with van der Waals surface area (Å²) in [4.78, 5) is 0. The van der Waals surface area contributed by atoms with Crippen LogP contribution in [0.4, 0.5) is 0 Å². The normalized spacial score (nSPS) is 22.8. The van der Waals surface area contributed by atoms with E-state index >= 15 is 0 Å². The van der Waals surface area contributed by atoms with Gasteiger partial charge in [0.1, 0.15) is 4.75 Å². The van der Waals surface area contributed by atoms with Crippen LogP contribution in [0, 0.1) is 0 Å². The second kappa shape index (κ2) is 6.69. The van der Waals surface area contributed by atoms with Gasteiger partial charge in [-0.1, -0.05) is 30.2 Å². The first-order valence-electron chi connectivity index (χ1n) is 7.31. The van der Waals surface area contributed by atoms with Gasteiger partial charge in [0, 0.05) is 22.9 Å². The highest BCUT2D eigenvalue weighted by Crippen LogP contribution is 2.29. The quantitative estimate of drug-likeness (QED) is 0.782. The molecule has 1 aromatic carbocycles. The lowest BCUT2D eigenvalue weighted by atomic mass is 9.98. The summed E-state index contributed by atoms with van der Waals surface area (Å²) in [5.41, 5.74) is 1.28. The van der Waals surface area contributed by atoms with Crippen LogP contribution in [-0.4, -0.2) is 26.2 Å².